The topological polar surface area (TPSA) is 77.7 Å². The molecule has 6 nitrogen and oxygen atoms in total. The molecule has 2 heterocycles. The Hall–Kier alpha value is -1.97. The molecule has 25 heavy (non-hydrogen) atoms. The number of thiophene rings is 1. The zero-order valence-electron chi connectivity index (χ0n) is 13.6. The summed E-state index contributed by atoms with van der Waals surface area (Å²) in [5, 5.41) is 1.70. The van der Waals surface area contributed by atoms with Gasteiger partial charge in [-0.15, -0.1) is 15.7 Å². The summed E-state index contributed by atoms with van der Waals surface area (Å²) in [6.45, 7) is 4.54. The number of rotatable bonds is 5. The lowest BCUT2D eigenvalue weighted by Gasteiger charge is -2.03. The van der Waals surface area contributed by atoms with Crippen molar-refractivity contribution in [2.24, 2.45) is 4.40 Å². The Morgan fingerprint density at radius 1 is 1.28 bits per heavy atom. The average molecular weight is 397 g/mol. The monoisotopic (exact) mass is 396 g/mol. The highest BCUT2D eigenvalue weighted by molar-refractivity contribution is 7.92. The van der Waals surface area contributed by atoms with E-state index in [1.54, 1.807) is 36.6 Å². The van der Waals surface area contributed by atoms with Crippen LogP contribution in [0.1, 0.15) is 24.2 Å². The zero-order valence-corrected chi connectivity index (χ0v) is 16.1. The summed E-state index contributed by atoms with van der Waals surface area (Å²) in [6, 6.07) is 8.39. The van der Waals surface area contributed by atoms with E-state index in [0.717, 1.165) is 21.6 Å². The van der Waals surface area contributed by atoms with Crippen molar-refractivity contribution in [2.75, 3.05) is 6.61 Å². The minimum absolute atomic E-state index is 0.208. The Bertz CT molecular complexity index is 1080. The van der Waals surface area contributed by atoms with Gasteiger partial charge in [-0.25, -0.2) is 4.79 Å². The smallest absolute Gasteiger partial charge is 0.338 e. The molecule has 0 amide bonds. The van der Waals surface area contributed by atoms with E-state index in [1.165, 1.54) is 17.4 Å². The summed E-state index contributed by atoms with van der Waals surface area (Å²) in [7, 11) is -3.74. The molecule has 9 heteroatoms. The van der Waals surface area contributed by atoms with Crippen LogP contribution in [0.2, 0.25) is 0 Å². The van der Waals surface area contributed by atoms with Crippen LogP contribution in [0.15, 0.2) is 44.3 Å². The first-order valence-corrected chi connectivity index (χ1v) is 10.7. The van der Waals surface area contributed by atoms with E-state index in [4.69, 9.17) is 4.74 Å². The van der Waals surface area contributed by atoms with Gasteiger partial charge in [0, 0.05) is 6.54 Å². The lowest BCUT2D eigenvalue weighted by atomic mass is 10.2. The van der Waals surface area contributed by atoms with Crippen molar-refractivity contribution in [3.8, 4) is 0 Å². The van der Waals surface area contributed by atoms with Crippen LogP contribution in [-0.4, -0.2) is 25.6 Å². The first kappa shape index (κ1) is 17.8. The number of hydrogen-bond donors (Lipinski definition) is 0. The van der Waals surface area contributed by atoms with Gasteiger partial charge in [0.2, 0.25) is 4.80 Å². The van der Waals surface area contributed by atoms with Gasteiger partial charge in [-0.05, 0) is 43.5 Å². The fourth-order valence-electron chi connectivity index (χ4n) is 2.35. The number of esters is 1. The summed E-state index contributed by atoms with van der Waals surface area (Å²) in [6.07, 6.45) is 0. The van der Waals surface area contributed by atoms with Gasteiger partial charge in [0.1, 0.15) is 4.21 Å². The van der Waals surface area contributed by atoms with Gasteiger partial charge < -0.3 is 9.30 Å². The molecule has 3 aromatic rings. The van der Waals surface area contributed by atoms with Gasteiger partial charge in [-0.3, -0.25) is 0 Å². The third-order valence-electron chi connectivity index (χ3n) is 3.46. The van der Waals surface area contributed by atoms with Gasteiger partial charge in [0.25, 0.3) is 10.0 Å². The molecule has 0 unspecified atom stereocenters. The van der Waals surface area contributed by atoms with E-state index in [1.807, 2.05) is 11.5 Å². The largest absolute Gasteiger partial charge is 0.462 e. The van der Waals surface area contributed by atoms with Gasteiger partial charge in [-0.2, -0.15) is 8.42 Å². The Morgan fingerprint density at radius 2 is 2.08 bits per heavy atom. The zero-order chi connectivity index (χ0) is 18.0. The molecule has 0 atom stereocenters. The number of aryl methyl sites for hydroxylation is 1. The highest BCUT2D eigenvalue weighted by Crippen LogP contribution is 2.22. The molecule has 2 aromatic heterocycles. The van der Waals surface area contributed by atoms with E-state index in [9.17, 15) is 13.2 Å². The van der Waals surface area contributed by atoms with Crippen molar-refractivity contribution < 1.29 is 17.9 Å². The van der Waals surface area contributed by atoms with Crippen LogP contribution in [0.4, 0.5) is 0 Å². The van der Waals surface area contributed by atoms with Crippen LogP contribution < -0.4 is 4.80 Å². The molecule has 0 fully saturated rings. The van der Waals surface area contributed by atoms with E-state index in [0.29, 0.717) is 23.5 Å². The standard InChI is InChI=1S/C16H16N2O4S3/c1-3-18-12-8-7-11(15(19)22-4-2)10-13(12)24-16(18)17-25(20,21)14-6-5-9-23-14/h5-10H,3-4H2,1-2H3. The average Bonchev–Trinajstić information content (AvgIpc) is 3.21. The third kappa shape index (κ3) is 3.53. The molecular weight excluding hydrogens is 380 g/mol. The Balaban J connectivity index is 2.16. The number of fused-ring (bicyclic) bond motifs is 1. The van der Waals surface area contributed by atoms with Crippen molar-refractivity contribution in [3.05, 3.63) is 46.1 Å². The fraction of sp³-hybridized carbons (Fsp3) is 0.250. The van der Waals surface area contributed by atoms with Gasteiger partial charge in [-0.1, -0.05) is 17.4 Å². The Labute approximate surface area is 153 Å². The molecular formula is C16H16N2O4S3. The fourth-order valence-corrected chi connectivity index (χ4v) is 5.65. The first-order valence-electron chi connectivity index (χ1n) is 7.61. The number of aromatic nitrogens is 1. The highest BCUT2D eigenvalue weighted by atomic mass is 32.2. The quantitative estimate of drug-likeness (QED) is 0.620. The van der Waals surface area contributed by atoms with Gasteiger partial charge in [0.05, 0.1) is 22.4 Å². The molecule has 3 rings (SSSR count). The van der Waals surface area contributed by atoms with Crippen LogP contribution in [0.5, 0.6) is 0 Å². The number of ether oxygens (including phenoxy) is 1. The molecule has 0 bridgehead atoms. The molecule has 0 spiro atoms. The Morgan fingerprint density at radius 3 is 2.72 bits per heavy atom. The van der Waals surface area contributed by atoms with Crippen LogP contribution in [0.3, 0.4) is 0 Å². The first-order chi connectivity index (χ1) is 12.0. The van der Waals surface area contributed by atoms with Crippen LogP contribution >= 0.6 is 22.7 Å². The number of carbonyl (C=O) groups is 1. The second kappa shape index (κ2) is 7.11. The molecule has 0 N–H and O–H groups in total. The molecule has 132 valence electrons. The maximum absolute atomic E-state index is 12.4. The lowest BCUT2D eigenvalue weighted by molar-refractivity contribution is 0.0526. The minimum atomic E-state index is -3.74. The number of hydrogen-bond acceptors (Lipinski definition) is 6. The van der Waals surface area contributed by atoms with Gasteiger partial charge >= 0.3 is 5.97 Å². The second-order valence-corrected chi connectivity index (χ2v) is 8.82. The number of carbonyl (C=O) groups excluding carboxylic acids is 1. The van der Waals surface area contributed by atoms with Gasteiger partial charge in [0.15, 0.2) is 0 Å². The normalized spacial score (nSPS) is 12.6. The Kier molecular flexibility index (Phi) is 5.07. The number of sulfonamides is 1. The summed E-state index contributed by atoms with van der Waals surface area (Å²) < 4.78 is 36.7. The van der Waals surface area contributed by atoms with Crippen molar-refractivity contribution >= 4 is 48.9 Å². The summed E-state index contributed by atoms with van der Waals surface area (Å²) in [5.74, 6) is -0.398. The van der Waals surface area contributed by atoms with Crippen molar-refractivity contribution in [1.82, 2.24) is 4.57 Å². The summed E-state index contributed by atoms with van der Waals surface area (Å²) >= 11 is 2.37. The minimum Gasteiger partial charge on any atom is -0.462 e. The van der Waals surface area contributed by atoms with E-state index in [2.05, 4.69) is 4.40 Å². The van der Waals surface area contributed by atoms with Crippen molar-refractivity contribution in [1.29, 1.82) is 0 Å². The third-order valence-corrected chi connectivity index (χ3v) is 7.25. The number of nitrogens with zero attached hydrogens (tertiary/aromatic N) is 2. The van der Waals surface area contributed by atoms with Crippen LogP contribution in [0, 0.1) is 0 Å². The summed E-state index contributed by atoms with van der Waals surface area (Å²) in [4.78, 5) is 12.3. The van der Waals surface area contributed by atoms with Crippen LogP contribution in [-0.2, 0) is 21.3 Å². The SMILES string of the molecule is CCOC(=O)c1ccc2c(c1)sc(=NS(=O)(=O)c1cccs1)n2CC. The van der Waals surface area contributed by atoms with E-state index in [-0.39, 0.29) is 4.21 Å². The second-order valence-electron chi connectivity index (χ2n) is 5.03. The van der Waals surface area contributed by atoms with Crippen molar-refractivity contribution in [3.63, 3.8) is 0 Å². The van der Waals surface area contributed by atoms with Crippen molar-refractivity contribution in [2.45, 2.75) is 24.6 Å². The number of thiazole rings is 1. The maximum Gasteiger partial charge on any atom is 0.338 e. The summed E-state index contributed by atoms with van der Waals surface area (Å²) in [5.41, 5.74) is 1.27. The predicted molar refractivity (Wildman–Crippen MR) is 98.5 cm³/mol. The maximum atomic E-state index is 12.4. The molecule has 0 aliphatic carbocycles. The van der Waals surface area contributed by atoms with E-state index >= 15 is 0 Å². The number of benzene rings is 1. The molecule has 1 aromatic carbocycles. The predicted octanol–water partition coefficient (Wildman–Crippen LogP) is 3.25. The molecule has 0 aliphatic rings. The van der Waals surface area contributed by atoms with E-state index < -0.39 is 16.0 Å². The molecule has 0 aliphatic heterocycles. The molecule has 0 radical (unpaired) electrons. The molecule has 0 saturated carbocycles. The highest BCUT2D eigenvalue weighted by Gasteiger charge is 2.16. The van der Waals surface area contributed by atoms with Crippen LogP contribution in [0.25, 0.3) is 10.2 Å². The lowest BCUT2D eigenvalue weighted by Crippen LogP contribution is -2.15. The molecule has 0 saturated heterocycles.